The lowest BCUT2D eigenvalue weighted by Gasteiger charge is -2.08. The Morgan fingerprint density at radius 2 is 2.50 bits per heavy atom. The molecule has 0 bridgehead atoms. The van der Waals surface area contributed by atoms with Crippen molar-refractivity contribution >= 4 is 0 Å². The molecule has 1 atom stereocenters. The van der Waals surface area contributed by atoms with Gasteiger partial charge in [-0.25, -0.2) is 4.98 Å². The first-order valence-corrected chi connectivity index (χ1v) is 4.76. The first kappa shape index (κ1) is 10.7. The van der Waals surface area contributed by atoms with E-state index in [0.29, 0.717) is 12.3 Å². The minimum atomic E-state index is 0.113. The van der Waals surface area contributed by atoms with Crippen LogP contribution in [-0.4, -0.2) is 11.5 Å². The number of unbranched alkanes of at least 4 members (excludes halogenated alkanes) is 1. The maximum atomic E-state index is 8.34. The van der Waals surface area contributed by atoms with E-state index in [4.69, 9.17) is 9.68 Å². The van der Waals surface area contributed by atoms with E-state index in [0.717, 1.165) is 18.7 Å². The van der Waals surface area contributed by atoms with Crippen LogP contribution in [0.15, 0.2) is 10.6 Å². The summed E-state index contributed by atoms with van der Waals surface area (Å²) in [5.41, 5.74) is 0. The number of oxazole rings is 1. The molecular weight excluding hydrogens is 178 g/mol. The van der Waals surface area contributed by atoms with Gasteiger partial charge in [0.1, 0.15) is 5.76 Å². The largest absolute Gasteiger partial charge is 0.444 e. The number of rotatable bonds is 5. The minimum absolute atomic E-state index is 0.113. The van der Waals surface area contributed by atoms with Gasteiger partial charge >= 0.3 is 0 Å². The molecule has 4 heteroatoms. The van der Waals surface area contributed by atoms with Gasteiger partial charge in [-0.2, -0.15) is 5.26 Å². The molecular formula is C10H15N3O. The summed E-state index contributed by atoms with van der Waals surface area (Å²) in [6.45, 7) is 4.69. The Morgan fingerprint density at radius 1 is 1.71 bits per heavy atom. The molecule has 1 unspecified atom stereocenters. The highest BCUT2D eigenvalue weighted by molar-refractivity contribution is 4.94. The lowest BCUT2D eigenvalue weighted by Crippen LogP contribution is -2.19. The molecule has 0 spiro atoms. The summed E-state index contributed by atoms with van der Waals surface area (Å²) in [5.74, 6) is 1.53. The highest BCUT2D eigenvalue weighted by Gasteiger charge is 2.09. The van der Waals surface area contributed by atoms with Crippen LogP contribution < -0.4 is 5.32 Å². The van der Waals surface area contributed by atoms with E-state index < -0.39 is 0 Å². The Labute approximate surface area is 83.9 Å². The Morgan fingerprint density at radius 3 is 3.07 bits per heavy atom. The van der Waals surface area contributed by atoms with Gasteiger partial charge in [0.2, 0.25) is 5.89 Å². The number of aryl methyl sites for hydroxylation is 1. The SMILES string of the molecule is Cc1cnc(C(C)NCCCC#N)o1. The molecule has 0 aromatic carbocycles. The smallest absolute Gasteiger partial charge is 0.211 e. The second kappa shape index (κ2) is 5.40. The molecule has 0 fully saturated rings. The number of aromatic nitrogens is 1. The summed E-state index contributed by atoms with van der Waals surface area (Å²) >= 11 is 0. The number of nitrogens with one attached hydrogen (secondary N) is 1. The summed E-state index contributed by atoms with van der Waals surface area (Å²) in [6, 6.07) is 2.22. The van der Waals surface area contributed by atoms with Crippen molar-refractivity contribution in [1.29, 1.82) is 5.26 Å². The van der Waals surface area contributed by atoms with Crippen LogP contribution in [0.2, 0.25) is 0 Å². The zero-order valence-corrected chi connectivity index (χ0v) is 8.58. The summed E-state index contributed by atoms with van der Waals surface area (Å²) in [6.07, 6.45) is 3.16. The molecule has 1 aromatic rings. The van der Waals surface area contributed by atoms with Crippen molar-refractivity contribution in [2.45, 2.75) is 32.7 Å². The van der Waals surface area contributed by atoms with E-state index in [1.807, 2.05) is 13.8 Å². The molecule has 76 valence electrons. The Kier molecular flexibility index (Phi) is 4.14. The molecule has 1 heterocycles. The zero-order chi connectivity index (χ0) is 10.4. The summed E-state index contributed by atoms with van der Waals surface area (Å²) in [7, 11) is 0. The third-order valence-electron chi connectivity index (χ3n) is 1.93. The Bertz CT molecular complexity index is 313. The standard InChI is InChI=1S/C10H15N3O/c1-8-7-13-10(14-8)9(2)12-6-4-3-5-11/h7,9,12H,3-4,6H2,1-2H3. The van der Waals surface area contributed by atoms with Gasteiger partial charge < -0.3 is 9.73 Å². The Hall–Kier alpha value is -1.34. The molecule has 0 saturated carbocycles. The number of nitrogens with zero attached hydrogens (tertiary/aromatic N) is 2. The van der Waals surface area contributed by atoms with E-state index in [-0.39, 0.29) is 6.04 Å². The average molecular weight is 193 g/mol. The fourth-order valence-electron chi connectivity index (χ4n) is 1.15. The van der Waals surface area contributed by atoms with Crippen LogP contribution in [0.4, 0.5) is 0 Å². The summed E-state index contributed by atoms with van der Waals surface area (Å²) in [5, 5.41) is 11.6. The van der Waals surface area contributed by atoms with Crippen LogP contribution in [0, 0.1) is 18.3 Å². The van der Waals surface area contributed by atoms with E-state index in [9.17, 15) is 0 Å². The third-order valence-corrected chi connectivity index (χ3v) is 1.93. The molecule has 1 aromatic heterocycles. The highest BCUT2D eigenvalue weighted by atomic mass is 16.4. The van der Waals surface area contributed by atoms with Gasteiger partial charge in [0.05, 0.1) is 18.3 Å². The van der Waals surface area contributed by atoms with Gasteiger partial charge in [0, 0.05) is 6.42 Å². The Balaban J connectivity index is 2.29. The molecule has 4 nitrogen and oxygen atoms in total. The first-order chi connectivity index (χ1) is 6.74. The monoisotopic (exact) mass is 193 g/mol. The van der Waals surface area contributed by atoms with E-state index >= 15 is 0 Å². The second-order valence-electron chi connectivity index (χ2n) is 3.25. The van der Waals surface area contributed by atoms with Crippen molar-refractivity contribution in [1.82, 2.24) is 10.3 Å². The van der Waals surface area contributed by atoms with Crippen LogP contribution in [0.5, 0.6) is 0 Å². The van der Waals surface area contributed by atoms with Gasteiger partial charge in [-0.1, -0.05) is 0 Å². The fraction of sp³-hybridized carbons (Fsp3) is 0.600. The van der Waals surface area contributed by atoms with Crippen molar-refractivity contribution < 1.29 is 4.42 Å². The molecule has 0 aliphatic rings. The third kappa shape index (κ3) is 3.19. The quantitative estimate of drug-likeness (QED) is 0.726. The van der Waals surface area contributed by atoms with Crippen molar-refractivity contribution in [2.24, 2.45) is 0 Å². The van der Waals surface area contributed by atoms with Gasteiger partial charge in [-0.3, -0.25) is 0 Å². The molecule has 0 radical (unpaired) electrons. The number of hydrogen-bond acceptors (Lipinski definition) is 4. The molecule has 0 aliphatic carbocycles. The average Bonchev–Trinajstić information content (AvgIpc) is 2.59. The summed E-state index contributed by atoms with van der Waals surface area (Å²) in [4.78, 5) is 4.12. The van der Waals surface area contributed by atoms with Gasteiger partial charge in [0.15, 0.2) is 0 Å². The van der Waals surface area contributed by atoms with Gasteiger partial charge in [-0.05, 0) is 26.8 Å². The lowest BCUT2D eigenvalue weighted by atomic mass is 10.3. The van der Waals surface area contributed by atoms with Crippen molar-refractivity contribution in [3.63, 3.8) is 0 Å². The predicted octanol–water partition coefficient (Wildman–Crippen LogP) is 1.94. The molecule has 0 saturated heterocycles. The normalized spacial score (nSPS) is 12.4. The van der Waals surface area contributed by atoms with Crippen LogP contribution in [0.1, 0.15) is 37.5 Å². The van der Waals surface area contributed by atoms with Crippen LogP contribution in [-0.2, 0) is 0 Å². The molecule has 14 heavy (non-hydrogen) atoms. The van der Waals surface area contributed by atoms with Crippen LogP contribution >= 0.6 is 0 Å². The van der Waals surface area contributed by atoms with E-state index in [1.165, 1.54) is 0 Å². The first-order valence-electron chi connectivity index (χ1n) is 4.76. The van der Waals surface area contributed by atoms with Crippen LogP contribution in [0.3, 0.4) is 0 Å². The molecule has 0 aliphatic heterocycles. The fourth-order valence-corrected chi connectivity index (χ4v) is 1.15. The molecule has 1 rings (SSSR count). The highest BCUT2D eigenvalue weighted by Crippen LogP contribution is 2.11. The summed E-state index contributed by atoms with van der Waals surface area (Å²) < 4.78 is 5.36. The van der Waals surface area contributed by atoms with E-state index in [1.54, 1.807) is 6.20 Å². The van der Waals surface area contributed by atoms with Gasteiger partial charge in [-0.15, -0.1) is 0 Å². The van der Waals surface area contributed by atoms with Crippen molar-refractivity contribution in [3.05, 3.63) is 17.8 Å². The maximum Gasteiger partial charge on any atom is 0.211 e. The van der Waals surface area contributed by atoms with E-state index in [2.05, 4.69) is 16.4 Å². The molecule has 1 N–H and O–H groups in total. The predicted molar refractivity (Wildman–Crippen MR) is 52.5 cm³/mol. The zero-order valence-electron chi connectivity index (χ0n) is 8.58. The minimum Gasteiger partial charge on any atom is -0.444 e. The van der Waals surface area contributed by atoms with Crippen molar-refractivity contribution in [2.75, 3.05) is 6.54 Å². The topological polar surface area (TPSA) is 61.9 Å². The maximum absolute atomic E-state index is 8.34. The lowest BCUT2D eigenvalue weighted by molar-refractivity contribution is 0.402. The molecule has 0 amide bonds. The van der Waals surface area contributed by atoms with Crippen LogP contribution in [0.25, 0.3) is 0 Å². The number of nitriles is 1. The second-order valence-corrected chi connectivity index (χ2v) is 3.25. The number of hydrogen-bond donors (Lipinski definition) is 1. The van der Waals surface area contributed by atoms with Crippen molar-refractivity contribution in [3.8, 4) is 6.07 Å². The van der Waals surface area contributed by atoms with Gasteiger partial charge in [0.25, 0.3) is 0 Å².